The van der Waals surface area contributed by atoms with E-state index in [4.69, 9.17) is 21.1 Å². The maximum absolute atomic E-state index is 15.1. The molecular weight excluding hydrogens is 455 g/mol. The third-order valence-electron chi connectivity index (χ3n) is 5.20. The van der Waals surface area contributed by atoms with Crippen LogP contribution >= 0.6 is 11.6 Å². The number of ketones is 1. The van der Waals surface area contributed by atoms with Crippen molar-refractivity contribution in [3.05, 3.63) is 38.9 Å². The van der Waals surface area contributed by atoms with Crippen molar-refractivity contribution in [2.24, 2.45) is 5.92 Å². The number of fused-ring (bicyclic) bond motifs is 1. The summed E-state index contributed by atoms with van der Waals surface area (Å²) in [6, 6.07) is 1.01. The highest BCUT2D eigenvalue weighted by molar-refractivity contribution is 6.38. The number of halogens is 2. The molecule has 0 aliphatic carbocycles. The molecule has 2 aromatic rings. The number of hydrogen-bond donors (Lipinski definition) is 1. The molecule has 1 saturated heterocycles. The standard InChI is InChI=1S/C23H26ClFN2O6/c1-5-32-17(29)9-16(28)14-10-26-19-13(21(14)30)8-15(25)20(18(19)24)27-7-6-12(11-27)22(31)33-23(2,3)4/h8,10,12H,5-7,9,11H2,1-4H3,(H,26,30). The molecule has 33 heavy (non-hydrogen) atoms. The normalized spacial score (nSPS) is 16.2. The van der Waals surface area contributed by atoms with Crippen LogP contribution in [0.25, 0.3) is 10.9 Å². The van der Waals surface area contributed by atoms with Gasteiger partial charge in [0.25, 0.3) is 0 Å². The largest absolute Gasteiger partial charge is 0.466 e. The van der Waals surface area contributed by atoms with E-state index in [9.17, 15) is 19.2 Å². The summed E-state index contributed by atoms with van der Waals surface area (Å²) in [6.07, 6.45) is 1.03. The Balaban J connectivity index is 1.91. The van der Waals surface area contributed by atoms with Gasteiger partial charge in [-0.2, -0.15) is 0 Å². The van der Waals surface area contributed by atoms with Crippen molar-refractivity contribution in [3.8, 4) is 0 Å². The number of hydrogen-bond acceptors (Lipinski definition) is 7. The fraction of sp³-hybridized carbons (Fsp3) is 0.478. The van der Waals surface area contributed by atoms with E-state index >= 15 is 4.39 Å². The van der Waals surface area contributed by atoms with Crippen LogP contribution < -0.4 is 10.3 Å². The predicted octanol–water partition coefficient (Wildman–Crippen LogP) is 3.62. The first-order chi connectivity index (χ1) is 15.4. The van der Waals surface area contributed by atoms with E-state index in [-0.39, 0.29) is 46.3 Å². The molecule has 0 bridgehead atoms. The average molecular weight is 481 g/mol. The molecule has 1 aliphatic heterocycles. The van der Waals surface area contributed by atoms with E-state index in [1.807, 2.05) is 0 Å². The van der Waals surface area contributed by atoms with E-state index in [1.54, 1.807) is 32.6 Å². The second-order valence-corrected chi connectivity index (χ2v) is 9.22. The summed E-state index contributed by atoms with van der Waals surface area (Å²) in [7, 11) is 0. The van der Waals surface area contributed by atoms with Crippen LogP contribution in [0.4, 0.5) is 10.1 Å². The lowest BCUT2D eigenvalue weighted by molar-refractivity contribution is -0.159. The smallest absolute Gasteiger partial charge is 0.313 e. The Morgan fingerprint density at radius 1 is 1.30 bits per heavy atom. The SMILES string of the molecule is CCOC(=O)CC(=O)c1c[nH]c2c(Cl)c(N3CCC(C(=O)OC(C)(C)C)C3)c(F)cc2c1=O. The number of rotatable bonds is 6. The Bertz CT molecular complexity index is 1170. The third kappa shape index (κ3) is 5.35. The van der Waals surface area contributed by atoms with Gasteiger partial charge in [-0.25, -0.2) is 4.39 Å². The van der Waals surface area contributed by atoms with Gasteiger partial charge in [0.1, 0.15) is 17.8 Å². The number of carbonyl (C=O) groups excluding carboxylic acids is 3. The van der Waals surface area contributed by atoms with Crippen LogP contribution in [0.3, 0.4) is 0 Å². The van der Waals surface area contributed by atoms with Gasteiger partial charge in [0.05, 0.1) is 39.7 Å². The Kier molecular flexibility index (Phi) is 7.11. The van der Waals surface area contributed by atoms with Gasteiger partial charge in [-0.3, -0.25) is 19.2 Å². The van der Waals surface area contributed by atoms with E-state index in [0.717, 1.165) is 12.3 Å². The number of nitrogens with zero attached hydrogens (tertiary/aromatic N) is 1. The van der Waals surface area contributed by atoms with Crippen molar-refractivity contribution < 1.29 is 28.2 Å². The third-order valence-corrected chi connectivity index (χ3v) is 5.57. The average Bonchev–Trinajstić information content (AvgIpc) is 3.17. The van der Waals surface area contributed by atoms with Gasteiger partial charge in [-0.05, 0) is 40.2 Å². The molecule has 10 heteroatoms. The summed E-state index contributed by atoms with van der Waals surface area (Å²) >= 11 is 6.46. The number of anilines is 1. The molecular formula is C23H26ClFN2O6. The molecule has 3 rings (SSSR count). The lowest BCUT2D eigenvalue weighted by atomic mass is 10.1. The number of nitrogens with one attached hydrogen (secondary N) is 1. The molecule has 2 heterocycles. The van der Waals surface area contributed by atoms with E-state index in [2.05, 4.69) is 4.98 Å². The molecule has 1 unspecified atom stereocenters. The zero-order valence-corrected chi connectivity index (χ0v) is 19.7. The monoisotopic (exact) mass is 480 g/mol. The van der Waals surface area contributed by atoms with Crippen molar-refractivity contribution in [2.45, 2.75) is 46.1 Å². The summed E-state index contributed by atoms with van der Waals surface area (Å²) in [5.74, 6) is -3.04. The minimum atomic E-state index is -0.755. The highest BCUT2D eigenvalue weighted by Gasteiger charge is 2.34. The zero-order valence-electron chi connectivity index (χ0n) is 18.9. The topological polar surface area (TPSA) is 106 Å². The molecule has 1 aromatic carbocycles. The van der Waals surface area contributed by atoms with Gasteiger partial charge < -0.3 is 19.4 Å². The van der Waals surface area contributed by atoms with Crippen LogP contribution in [-0.2, 0) is 19.1 Å². The van der Waals surface area contributed by atoms with Gasteiger partial charge in [0.2, 0.25) is 0 Å². The van der Waals surface area contributed by atoms with E-state index in [1.165, 1.54) is 0 Å². The molecule has 0 saturated carbocycles. The molecule has 0 radical (unpaired) electrons. The zero-order chi connectivity index (χ0) is 24.5. The number of benzene rings is 1. The van der Waals surface area contributed by atoms with Crippen LogP contribution in [0, 0.1) is 11.7 Å². The fourth-order valence-corrected chi connectivity index (χ4v) is 4.13. The first-order valence-corrected chi connectivity index (χ1v) is 11.0. The van der Waals surface area contributed by atoms with E-state index in [0.29, 0.717) is 13.0 Å². The van der Waals surface area contributed by atoms with Gasteiger partial charge in [0.15, 0.2) is 11.2 Å². The van der Waals surface area contributed by atoms with Gasteiger partial charge in [-0.15, -0.1) is 0 Å². The van der Waals surface area contributed by atoms with Crippen molar-refractivity contribution in [2.75, 3.05) is 24.6 Å². The van der Waals surface area contributed by atoms with Crippen LogP contribution in [0.2, 0.25) is 5.02 Å². The van der Waals surface area contributed by atoms with Gasteiger partial charge in [0, 0.05) is 19.3 Å². The lowest BCUT2D eigenvalue weighted by Crippen LogP contribution is -2.31. The van der Waals surface area contributed by atoms with Crippen LogP contribution in [0.15, 0.2) is 17.1 Å². The first-order valence-electron chi connectivity index (χ1n) is 10.6. The molecule has 1 aliphatic rings. The fourth-order valence-electron chi connectivity index (χ4n) is 3.76. The summed E-state index contributed by atoms with van der Waals surface area (Å²) in [5.41, 5.74) is -1.43. The molecule has 0 amide bonds. The Hall–Kier alpha value is -2.94. The summed E-state index contributed by atoms with van der Waals surface area (Å²) in [6.45, 7) is 7.64. The van der Waals surface area contributed by atoms with Crippen LogP contribution in [0.1, 0.15) is 50.9 Å². The van der Waals surface area contributed by atoms with Crippen molar-refractivity contribution >= 4 is 45.9 Å². The second kappa shape index (κ2) is 9.51. The van der Waals surface area contributed by atoms with Crippen molar-refractivity contribution in [1.82, 2.24) is 4.98 Å². The highest BCUT2D eigenvalue weighted by atomic mass is 35.5. The second-order valence-electron chi connectivity index (χ2n) is 8.85. The maximum atomic E-state index is 15.1. The van der Waals surface area contributed by atoms with Crippen molar-refractivity contribution in [1.29, 1.82) is 0 Å². The van der Waals surface area contributed by atoms with Gasteiger partial charge in [-0.1, -0.05) is 11.6 Å². The summed E-state index contributed by atoms with van der Waals surface area (Å²) in [4.78, 5) is 53.6. The quantitative estimate of drug-likeness (QED) is 0.382. The van der Waals surface area contributed by atoms with Gasteiger partial charge >= 0.3 is 11.9 Å². The number of aromatic nitrogens is 1. The minimum Gasteiger partial charge on any atom is -0.466 e. The number of ether oxygens (including phenoxy) is 2. The number of aromatic amines is 1. The van der Waals surface area contributed by atoms with E-state index < -0.39 is 40.9 Å². The molecule has 1 fully saturated rings. The van der Waals surface area contributed by atoms with Crippen LogP contribution in [0.5, 0.6) is 0 Å². The lowest BCUT2D eigenvalue weighted by Gasteiger charge is -2.23. The summed E-state index contributed by atoms with van der Waals surface area (Å²) < 4.78 is 25.3. The number of carbonyl (C=O) groups is 3. The summed E-state index contributed by atoms with van der Waals surface area (Å²) in [5, 5.41) is -0.143. The Labute approximate surface area is 195 Å². The predicted molar refractivity (Wildman–Crippen MR) is 121 cm³/mol. The molecule has 8 nitrogen and oxygen atoms in total. The molecule has 1 N–H and O–H groups in total. The number of H-pyrrole nitrogens is 1. The molecule has 178 valence electrons. The van der Waals surface area contributed by atoms with Crippen molar-refractivity contribution in [3.63, 3.8) is 0 Å². The number of Topliss-reactive ketones (excluding diaryl/α,β-unsaturated/α-hetero) is 1. The minimum absolute atomic E-state index is 0.0312. The number of pyridine rings is 1. The molecule has 0 spiro atoms. The first kappa shape index (κ1) is 24.7. The highest BCUT2D eigenvalue weighted by Crippen LogP contribution is 2.37. The maximum Gasteiger partial charge on any atom is 0.313 e. The number of esters is 2. The Morgan fingerprint density at radius 3 is 2.64 bits per heavy atom. The molecule has 1 aromatic heterocycles. The van der Waals surface area contributed by atoms with Crippen LogP contribution in [-0.4, -0.2) is 48.0 Å². The molecule has 1 atom stereocenters. The Morgan fingerprint density at radius 2 is 2.00 bits per heavy atom.